The van der Waals surface area contributed by atoms with Crippen molar-refractivity contribution >= 4 is 38.8 Å². The molecule has 6 nitrogen and oxygen atoms in total. The third-order valence-corrected chi connectivity index (χ3v) is 5.61. The fraction of sp³-hybridized carbons (Fsp3) is 0.200. The van der Waals surface area contributed by atoms with Crippen molar-refractivity contribution in [1.29, 1.82) is 0 Å². The number of rotatable bonds is 3. The summed E-state index contributed by atoms with van der Waals surface area (Å²) in [5, 5.41) is 13.8. The van der Waals surface area contributed by atoms with Crippen LogP contribution in [0.5, 0.6) is 0 Å². The largest absolute Gasteiger partial charge is 0.480 e. The summed E-state index contributed by atoms with van der Waals surface area (Å²) in [6, 6.07) is 11.9. The molecule has 0 radical (unpaired) electrons. The summed E-state index contributed by atoms with van der Waals surface area (Å²) in [6.45, 7) is 0. The van der Waals surface area contributed by atoms with Crippen LogP contribution in [-0.2, 0) is 16.0 Å². The SMILES string of the molecule is COC(=O)c1ccc([C@H]2N[C@@H](C(=O)O)Cc3c2[nH]c2c(Br)cccc32)cc1. The maximum Gasteiger partial charge on any atom is 0.337 e. The van der Waals surface area contributed by atoms with Gasteiger partial charge in [0.2, 0.25) is 0 Å². The Bertz CT molecular complexity index is 1040. The van der Waals surface area contributed by atoms with E-state index in [0.29, 0.717) is 12.0 Å². The van der Waals surface area contributed by atoms with Gasteiger partial charge in [-0.3, -0.25) is 10.1 Å². The first-order chi connectivity index (χ1) is 13.0. The van der Waals surface area contributed by atoms with Crippen molar-refractivity contribution in [1.82, 2.24) is 10.3 Å². The molecule has 0 saturated carbocycles. The Morgan fingerprint density at radius 3 is 2.59 bits per heavy atom. The van der Waals surface area contributed by atoms with E-state index in [1.807, 2.05) is 30.3 Å². The minimum Gasteiger partial charge on any atom is -0.480 e. The number of carboxylic acid groups (broad SMARTS) is 1. The van der Waals surface area contributed by atoms with E-state index in [1.165, 1.54) is 7.11 Å². The van der Waals surface area contributed by atoms with Gasteiger partial charge >= 0.3 is 11.9 Å². The van der Waals surface area contributed by atoms with Gasteiger partial charge in [0.15, 0.2) is 0 Å². The molecule has 7 heteroatoms. The Morgan fingerprint density at radius 2 is 1.93 bits per heavy atom. The minimum absolute atomic E-state index is 0.319. The summed E-state index contributed by atoms with van der Waals surface area (Å²) in [6.07, 6.45) is 0.401. The highest BCUT2D eigenvalue weighted by atomic mass is 79.9. The van der Waals surface area contributed by atoms with Crippen molar-refractivity contribution in [3.05, 3.63) is 69.3 Å². The van der Waals surface area contributed by atoms with Crippen molar-refractivity contribution in [2.75, 3.05) is 7.11 Å². The molecular formula is C20H17BrN2O4. The molecule has 3 aromatic rings. The van der Waals surface area contributed by atoms with Crippen LogP contribution in [0.1, 0.15) is 33.2 Å². The number of hydrogen-bond donors (Lipinski definition) is 3. The van der Waals surface area contributed by atoms with Gasteiger partial charge in [0.05, 0.1) is 24.2 Å². The smallest absolute Gasteiger partial charge is 0.337 e. The number of aromatic nitrogens is 1. The highest BCUT2D eigenvalue weighted by Gasteiger charge is 2.34. The van der Waals surface area contributed by atoms with Crippen LogP contribution in [0.15, 0.2) is 46.9 Å². The molecule has 2 heterocycles. The number of carbonyl (C=O) groups excluding carboxylic acids is 1. The molecule has 0 saturated heterocycles. The van der Waals surface area contributed by atoms with Crippen LogP contribution < -0.4 is 5.32 Å². The highest BCUT2D eigenvalue weighted by Crippen LogP contribution is 2.37. The predicted molar refractivity (Wildman–Crippen MR) is 104 cm³/mol. The molecule has 1 aromatic heterocycles. The molecule has 0 aliphatic carbocycles. The highest BCUT2D eigenvalue weighted by molar-refractivity contribution is 9.10. The second kappa shape index (κ2) is 6.83. The van der Waals surface area contributed by atoms with Crippen LogP contribution in [0, 0.1) is 0 Å². The molecule has 0 amide bonds. The topological polar surface area (TPSA) is 91.4 Å². The Labute approximate surface area is 163 Å². The number of fused-ring (bicyclic) bond motifs is 3. The lowest BCUT2D eigenvalue weighted by Crippen LogP contribution is -2.44. The van der Waals surface area contributed by atoms with Crippen LogP contribution in [0.4, 0.5) is 0 Å². The Morgan fingerprint density at radius 1 is 1.19 bits per heavy atom. The zero-order valence-electron chi connectivity index (χ0n) is 14.5. The van der Waals surface area contributed by atoms with Gasteiger partial charge in [-0.2, -0.15) is 0 Å². The molecule has 3 N–H and O–H groups in total. The molecule has 2 atom stereocenters. The second-order valence-electron chi connectivity index (χ2n) is 6.49. The van der Waals surface area contributed by atoms with E-state index in [9.17, 15) is 14.7 Å². The van der Waals surface area contributed by atoms with Crippen molar-refractivity contribution < 1.29 is 19.4 Å². The average molecular weight is 429 g/mol. The van der Waals surface area contributed by atoms with Crippen LogP contribution in [0.3, 0.4) is 0 Å². The van der Waals surface area contributed by atoms with E-state index < -0.39 is 18.0 Å². The number of hydrogen-bond acceptors (Lipinski definition) is 4. The fourth-order valence-electron chi connectivity index (χ4n) is 3.62. The quantitative estimate of drug-likeness (QED) is 0.556. The first-order valence-electron chi connectivity index (χ1n) is 8.45. The number of esters is 1. The summed E-state index contributed by atoms with van der Waals surface area (Å²) in [5.74, 6) is -1.29. The lowest BCUT2D eigenvalue weighted by Gasteiger charge is -2.29. The summed E-state index contributed by atoms with van der Waals surface area (Å²) < 4.78 is 5.67. The lowest BCUT2D eigenvalue weighted by atomic mass is 9.90. The average Bonchev–Trinajstić information content (AvgIpc) is 3.07. The van der Waals surface area contributed by atoms with Gasteiger partial charge in [0.1, 0.15) is 6.04 Å². The van der Waals surface area contributed by atoms with E-state index in [2.05, 4.69) is 26.2 Å². The van der Waals surface area contributed by atoms with E-state index in [4.69, 9.17) is 4.74 Å². The number of methoxy groups -OCH3 is 1. The van der Waals surface area contributed by atoms with Gasteiger partial charge in [-0.25, -0.2) is 4.79 Å². The molecule has 0 bridgehead atoms. The molecule has 2 aromatic carbocycles. The second-order valence-corrected chi connectivity index (χ2v) is 7.34. The predicted octanol–water partition coefficient (Wildman–Crippen LogP) is 3.41. The number of carboxylic acids is 1. The summed E-state index contributed by atoms with van der Waals surface area (Å²) in [7, 11) is 1.34. The standard InChI is InChI=1S/C20H17BrN2O4/c1-27-20(26)11-7-5-10(6-8-11)16-18-13(9-15(22-16)19(24)25)12-3-2-4-14(21)17(12)23-18/h2-8,15-16,22-23H,9H2,1H3,(H,24,25)/t15-,16-/m1/s1. The molecule has 138 valence electrons. The molecule has 0 fully saturated rings. The zero-order chi connectivity index (χ0) is 19.1. The van der Waals surface area contributed by atoms with Gasteiger partial charge < -0.3 is 14.8 Å². The third kappa shape index (κ3) is 3.02. The van der Waals surface area contributed by atoms with Crippen LogP contribution in [-0.4, -0.2) is 35.2 Å². The van der Waals surface area contributed by atoms with Crippen LogP contribution >= 0.6 is 15.9 Å². The number of H-pyrrole nitrogens is 1. The molecule has 0 spiro atoms. The number of carbonyl (C=O) groups is 2. The number of halogens is 1. The molecule has 0 unspecified atom stereocenters. The van der Waals surface area contributed by atoms with Crippen molar-refractivity contribution in [2.45, 2.75) is 18.5 Å². The Hall–Kier alpha value is -2.64. The van der Waals surface area contributed by atoms with Crippen molar-refractivity contribution in [2.24, 2.45) is 0 Å². The maximum atomic E-state index is 11.7. The van der Waals surface area contributed by atoms with Gasteiger partial charge in [-0.15, -0.1) is 0 Å². The summed E-state index contributed by atoms with van der Waals surface area (Å²) >= 11 is 3.56. The Kier molecular flexibility index (Phi) is 4.49. The van der Waals surface area contributed by atoms with E-state index in [1.54, 1.807) is 12.1 Å². The number of para-hydroxylation sites is 1. The first kappa shape index (κ1) is 17.8. The van der Waals surface area contributed by atoms with Crippen LogP contribution in [0.2, 0.25) is 0 Å². The fourth-order valence-corrected chi connectivity index (χ4v) is 4.09. The summed E-state index contributed by atoms with van der Waals surface area (Å²) in [5.41, 5.74) is 4.22. The monoisotopic (exact) mass is 428 g/mol. The van der Waals surface area contributed by atoms with Gasteiger partial charge in [-0.05, 0) is 45.3 Å². The van der Waals surface area contributed by atoms with Gasteiger partial charge in [0, 0.05) is 22.0 Å². The molecule has 1 aliphatic heterocycles. The molecule has 1 aliphatic rings. The minimum atomic E-state index is -0.888. The van der Waals surface area contributed by atoms with E-state index in [0.717, 1.165) is 32.2 Å². The Balaban J connectivity index is 1.83. The van der Waals surface area contributed by atoms with Gasteiger partial charge in [-0.1, -0.05) is 24.3 Å². The van der Waals surface area contributed by atoms with E-state index in [-0.39, 0.29) is 6.04 Å². The number of aromatic amines is 1. The zero-order valence-corrected chi connectivity index (χ0v) is 16.0. The van der Waals surface area contributed by atoms with E-state index >= 15 is 0 Å². The normalized spacial score (nSPS) is 18.9. The first-order valence-corrected chi connectivity index (χ1v) is 9.25. The molecule has 4 rings (SSSR count). The van der Waals surface area contributed by atoms with Crippen molar-refractivity contribution in [3.8, 4) is 0 Å². The maximum absolute atomic E-state index is 11.7. The summed E-state index contributed by atoms with van der Waals surface area (Å²) in [4.78, 5) is 26.8. The molecule has 27 heavy (non-hydrogen) atoms. The number of nitrogens with one attached hydrogen (secondary N) is 2. The number of aliphatic carboxylic acids is 1. The number of benzene rings is 2. The van der Waals surface area contributed by atoms with Gasteiger partial charge in [0.25, 0.3) is 0 Å². The lowest BCUT2D eigenvalue weighted by molar-refractivity contribution is -0.139. The third-order valence-electron chi connectivity index (χ3n) is 4.95. The molecular weight excluding hydrogens is 412 g/mol. The van der Waals surface area contributed by atoms with Crippen LogP contribution in [0.25, 0.3) is 10.9 Å². The number of ether oxygens (including phenoxy) is 1. The van der Waals surface area contributed by atoms with Crippen molar-refractivity contribution in [3.63, 3.8) is 0 Å².